The van der Waals surface area contributed by atoms with Gasteiger partial charge in [-0.2, -0.15) is 0 Å². The molecule has 0 bridgehead atoms. The molecule has 0 aliphatic carbocycles. The van der Waals surface area contributed by atoms with Crippen LogP contribution in [-0.2, 0) is 4.79 Å². The van der Waals surface area contributed by atoms with E-state index < -0.39 is 5.97 Å². The number of nitrogens with zero attached hydrogens (tertiary/aromatic N) is 2. The average molecular weight is 523 g/mol. The quantitative estimate of drug-likeness (QED) is 0.175. The minimum absolute atomic E-state index is 0.297. The van der Waals surface area contributed by atoms with Crippen LogP contribution in [0.25, 0.3) is 61.0 Å². The highest BCUT2D eigenvalue weighted by atomic mass is 32.1. The number of thiophene rings is 1. The Morgan fingerprint density at radius 3 is 1.97 bits per heavy atom. The fraction of sp³-hybridized carbons (Fsp3) is 0. The molecule has 0 unspecified atom stereocenters. The lowest BCUT2D eigenvalue weighted by Crippen LogP contribution is -1.95. The van der Waals surface area contributed by atoms with E-state index in [4.69, 9.17) is 11.7 Å². The number of carbonyl (C=O) groups is 1. The van der Waals surface area contributed by atoms with Gasteiger partial charge in [-0.15, -0.1) is 11.3 Å². The molecule has 0 saturated heterocycles. The SMILES string of the molecule is [C-]#[N+]/C(=C\c1ccc(-c2ccc(/C=C/c3ccc(-n4c5ccccc5c5ccccc54)cc3)s2)cc1)C(=O)O. The number of carboxylic acid groups (broad SMARTS) is 1. The molecule has 39 heavy (non-hydrogen) atoms. The molecule has 4 aromatic carbocycles. The number of carboxylic acids is 1. The lowest BCUT2D eigenvalue weighted by atomic mass is 10.1. The first kappa shape index (κ1) is 24.2. The number of aliphatic carboxylic acids is 1. The van der Waals surface area contributed by atoms with Gasteiger partial charge < -0.3 is 9.67 Å². The lowest BCUT2D eigenvalue weighted by Gasteiger charge is -2.08. The maximum Gasteiger partial charge on any atom is 0.333 e. The van der Waals surface area contributed by atoms with E-state index in [9.17, 15) is 4.79 Å². The highest BCUT2D eigenvalue weighted by Gasteiger charge is 2.11. The average Bonchev–Trinajstić information content (AvgIpc) is 3.58. The molecule has 0 fully saturated rings. The number of hydrogen-bond donors (Lipinski definition) is 1. The van der Waals surface area contributed by atoms with E-state index in [-0.39, 0.29) is 5.70 Å². The Morgan fingerprint density at radius 2 is 1.36 bits per heavy atom. The molecule has 186 valence electrons. The predicted molar refractivity (Wildman–Crippen MR) is 162 cm³/mol. The maximum absolute atomic E-state index is 11.1. The van der Waals surface area contributed by atoms with E-state index in [0.717, 1.165) is 26.6 Å². The number of hydrogen-bond acceptors (Lipinski definition) is 2. The van der Waals surface area contributed by atoms with Crippen LogP contribution in [0, 0.1) is 6.57 Å². The van der Waals surface area contributed by atoms with Crippen LogP contribution in [0.5, 0.6) is 0 Å². The van der Waals surface area contributed by atoms with Gasteiger partial charge in [0.05, 0.1) is 17.6 Å². The van der Waals surface area contributed by atoms with Crippen LogP contribution in [0.4, 0.5) is 0 Å². The second kappa shape index (κ2) is 10.3. The molecule has 2 aromatic heterocycles. The van der Waals surface area contributed by atoms with Crippen molar-refractivity contribution in [2.75, 3.05) is 0 Å². The van der Waals surface area contributed by atoms with Crippen molar-refractivity contribution in [3.63, 3.8) is 0 Å². The van der Waals surface area contributed by atoms with Gasteiger partial charge in [-0.1, -0.05) is 78.9 Å². The molecule has 0 amide bonds. The first-order valence-corrected chi connectivity index (χ1v) is 13.2. The third kappa shape index (κ3) is 4.77. The minimum atomic E-state index is -1.22. The van der Waals surface area contributed by atoms with Crippen LogP contribution in [-0.4, -0.2) is 15.6 Å². The molecule has 4 nitrogen and oxygen atoms in total. The summed E-state index contributed by atoms with van der Waals surface area (Å²) in [5.74, 6) is -1.22. The van der Waals surface area contributed by atoms with Crippen LogP contribution in [0.15, 0.2) is 115 Å². The summed E-state index contributed by atoms with van der Waals surface area (Å²) in [6.07, 6.45) is 5.63. The van der Waals surface area contributed by atoms with Crippen molar-refractivity contribution in [1.29, 1.82) is 0 Å². The number of benzene rings is 4. The van der Waals surface area contributed by atoms with Crippen molar-refractivity contribution in [3.05, 3.63) is 142 Å². The van der Waals surface area contributed by atoms with Gasteiger partial charge in [0.1, 0.15) is 0 Å². The van der Waals surface area contributed by atoms with E-state index in [1.807, 2.05) is 24.3 Å². The van der Waals surface area contributed by atoms with Gasteiger partial charge in [-0.05, 0) is 65.2 Å². The third-order valence-electron chi connectivity index (χ3n) is 6.64. The summed E-state index contributed by atoms with van der Waals surface area (Å²) < 4.78 is 2.31. The highest BCUT2D eigenvalue weighted by molar-refractivity contribution is 7.16. The van der Waals surface area contributed by atoms with E-state index >= 15 is 0 Å². The molecule has 2 heterocycles. The van der Waals surface area contributed by atoms with Gasteiger partial charge in [0, 0.05) is 26.2 Å². The molecule has 6 rings (SSSR count). The van der Waals surface area contributed by atoms with E-state index in [0.29, 0.717) is 5.56 Å². The Labute approximate surface area is 229 Å². The van der Waals surface area contributed by atoms with Crippen LogP contribution >= 0.6 is 11.3 Å². The number of para-hydroxylation sites is 2. The van der Waals surface area contributed by atoms with Gasteiger partial charge in [0.25, 0.3) is 5.70 Å². The topological polar surface area (TPSA) is 46.6 Å². The maximum atomic E-state index is 11.1. The smallest absolute Gasteiger partial charge is 0.333 e. The molecule has 0 atom stereocenters. The summed E-state index contributed by atoms with van der Waals surface area (Å²) in [5, 5.41) is 11.6. The van der Waals surface area contributed by atoms with Gasteiger partial charge in [0.2, 0.25) is 0 Å². The summed E-state index contributed by atoms with van der Waals surface area (Å²) in [7, 11) is 0. The molecule has 0 saturated carbocycles. The van der Waals surface area contributed by atoms with Crippen molar-refractivity contribution in [3.8, 4) is 16.1 Å². The monoisotopic (exact) mass is 522 g/mol. The standard InChI is InChI=1S/C34H22N2O2S/c1-35-30(34(37)38)22-24-10-15-25(16-11-24)33-21-20-27(39-33)19-14-23-12-17-26(18-13-23)36-31-8-4-2-6-28(31)29-7-3-5-9-32(29)36/h2-22H,(H,37,38)/b19-14+,30-22-. The van der Waals surface area contributed by atoms with Crippen LogP contribution in [0.2, 0.25) is 0 Å². The van der Waals surface area contributed by atoms with Crippen molar-refractivity contribution in [1.82, 2.24) is 4.57 Å². The second-order valence-electron chi connectivity index (χ2n) is 9.07. The predicted octanol–water partition coefficient (Wildman–Crippen LogP) is 9.03. The van der Waals surface area contributed by atoms with E-state index in [2.05, 4.69) is 106 Å². The van der Waals surface area contributed by atoms with Crippen LogP contribution in [0.1, 0.15) is 16.0 Å². The van der Waals surface area contributed by atoms with Gasteiger partial charge >= 0.3 is 5.97 Å². The minimum Gasteiger partial charge on any atom is -0.486 e. The zero-order valence-electron chi connectivity index (χ0n) is 20.8. The Morgan fingerprint density at radius 1 is 0.744 bits per heavy atom. The molecule has 6 aromatic rings. The van der Waals surface area contributed by atoms with Gasteiger partial charge in [-0.25, -0.2) is 4.85 Å². The zero-order chi connectivity index (χ0) is 26.8. The Bertz CT molecular complexity index is 1880. The normalized spacial score (nSPS) is 11.8. The molecule has 0 aliphatic rings. The van der Waals surface area contributed by atoms with Gasteiger partial charge in [-0.3, -0.25) is 4.79 Å². The zero-order valence-corrected chi connectivity index (χ0v) is 21.6. The number of rotatable bonds is 6. The summed E-state index contributed by atoms with van der Waals surface area (Å²) in [4.78, 5) is 16.4. The van der Waals surface area contributed by atoms with Crippen LogP contribution in [0.3, 0.4) is 0 Å². The summed E-state index contributed by atoms with van der Waals surface area (Å²) in [5.41, 5.74) is 6.10. The molecule has 0 aliphatic heterocycles. The Hall–Kier alpha value is -5.18. The molecular weight excluding hydrogens is 500 g/mol. The van der Waals surface area contributed by atoms with Crippen molar-refractivity contribution >= 4 is 57.3 Å². The molecule has 5 heteroatoms. The third-order valence-corrected chi connectivity index (χ3v) is 7.74. The first-order chi connectivity index (χ1) is 19.1. The molecule has 0 spiro atoms. The fourth-order valence-electron chi connectivity index (χ4n) is 4.75. The van der Waals surface area contributed by atoms with E-state index in [1.54, 1.807) is 11.3 Å². The number of fused-ring (bicyclic) bond motifs is 3. The molecule has 0 radical (unpaired) electrons. The summed E-state index contributed by atoms with van der Waals surface area (Å²) in [6.45, 7) is 6.99. The van der Waals surface area contributed by atoms with Gasteiger partial charge in [0.15, 0.2) is 0 Å². The molecule has 1 N–H and O–H groups in total. The van der Waals surface area contributed by atoms with Crippen molar-refractivity contribution < 1.29 is 9.90 Å². The summed E-state index contributed by atoms with van der Waals surface area (Å²) >= 11 is 1.69. The lowest BCUT2D eigenvalue weighted by molar-refractivity contribution is -0.132. The second-order valence-corrected chi connectivity index (χ2v) is 10.2. The fourth-order valence-corrected chi connectivity index (χ4v) is 5.67. The van der Waals surface area contributed by atoms with E-state index in [1.165, 1.54) is 27.9 Å². The first-order valence-electron chi connectivity index (χ1n) is 12.4. The largest absolute Gasteiger partial charge is 0.486 e. The highest BCUT2D eigenvalue weighted by Crippen LogP contribution is 2.32. The van der Waals surface area contributed by atoms with Crippen molar-refractivity contribution in [2.45, 2.75) is 0 Å². The Kier molecular flexibility index (Phi) is 6.38. The van der Waals surface area contributed by atoms with Crippen LogP contribution < -0.4 is 0 Å². The number of aromatic nitrogens is 1. The van der Waals surface area contributed by atoms with Crippen molar-refractivity contribution in [2.24, 2.45) is 0 Å². The summed E-state index contributed by atoms with van der Waals surface area (Å²) in [6, 6.07) is 37.4. The Balaban J connectivity index is 1.21. The molecular formula is C34H22N2O2S.